The lowest BCUT2D eigenvalue weighted by atomic mass is 9.98. The zero-order valence-electron chi connectivity index (χ0n) is 20.4. The number of aromatic nitrogens is 3. The number of H-pyrrole nitrogens is 2. The van der Waals surface area contributed by atoms with Crippen LogP contribution in [-0.2, 0) is 0 Å². The number of benzene rings is 3. The van der Waals surface area contributed by atoms with Crippen molar-refractivity contribution in [2.45, 2.75) is 37.8 Å². The van der Waals surface area contributed by atoms with Gasteiger partial charge in [0.2, 0.25) is 5.43 Å². The largest absolute Gasteiger partial charge is 0.356 e. The molecule has 0 saturated carbocycles. The molecule has 3 aromatic carbocycles. The highest BCUT2D eigenvalue weighted by Gasteiger charge is 2.22. The van der Waals surface area contributed by atoms with E-state index in [4.69, 9.17) is 11.6 Å². The number of fused-ring (bicyclic) bond motifs is 2. The highest BCUT2D eigenvalue weighted by atomic mass is 35.5. The van der Waals surface area contributed by atoms with Gasteiger partial charge in [-0.15, -0.1) is 0 Å². The number of nitrogens with zero attached hydrogens (tertiary/aromatic N) is 1. The minimum Gasteiger partial charge on any atom is -0.356 e. The number of halogens is 1. The van der Waals surface area contributed by atoms with Crippen molar-refractivity contribution in [1.82, 2.24) is 25.6 Å². The lowest BCUT2D eigenvalue weighted by molar-refractivity contribution is 0.613. The van der Waals surface area contributed by atoms with Crippen LogP contribution in [0.5, 0.6) is 0 Å². The van der Waals surface area contributed by atoms with Crippen LogP contribution in [0.15, 0.2) is 65.6 Å². The summed E-state index contributed by atoms with van der Waals surface area (Å²) >= 11 is 6.47. The summed E-state index contributed by atoms with van der Waals surface area (Å²) in [5.41, 5.74) is 5.84. The van der Waals surface area contributed by atoms with Crippen molar-refractivity contribution in [3.8, 4) is 22.4 Å². The van der Waals surface area contributed by atoms with E-state index in [0.29, 0.717) is 16.5 Å². The Balaban J connectivity index is 1.22. The van der Waals surface area contributed by atoms with Crippen LogP contribution in [0.3, 0.4) is 0 Å². The van der Waals surface area contributed by atoms with Crippen LogP contribution in [0.2, 0.25) is 5.02 Å². The Hall–Kier alpha value is -3.45. The summed E-state index contributed by atoms with van der Waals surface area (Å²) in [6.45, 7) is 2.00. The van der Waals surface area contributed by atoms with Gasteiger partial charge in [0.15, 0.2) is 0 Å². The fraction of sp³-hybridized carbons (Fsp3) is 0.267. The van der Waals surface area contributed by atoms with Gasteiger partial charge in [0.05, 0.1) is 29.1 Å². The number of rotatable bonds is 4. The van der Waals surface area contributed by atoms with Gasteiger partial charge < -0.3 is 20.6 Å². The summed E-state index contributed by atoms with van der Waals surface area (Å²) in [7, 11) is 0. The molecule has 2 aliphatic heterocycles. The lowest BCUT2D eigenvalue weighted by Crippen LogP contribution is -2.18. The zero-order chi connectivity index (χ0) is 24.9. The predicted octanol–water partition coefficient (Wildman–Crippen LogP) is 6.24. The Labute approximate surface area is 219 Å². The van der Waals surface area contributed by atoms with Crippen molar-refractivity contribution in [2.75, 3.05) is 13.1 Å². The predicted molar refractivity (Wildman–Crippen MR) is 150 cm³/mol. The average Bonchev–Trinajstić information content (AvgIpc) is 3.72. The molecule has 2 unspecified atom stereocenters. The minimum absolute atomic E-state index is 0.100. The molecule has 7 heteroatoms. The maximum Gasteiger partial charge on any atom is 0.208 e. The summed E-state index contributed by atoms with van der Waals surface area (Å²) < 4.78 is 0. The van der Waals surface area contributed by atoms with Crippen LogP contribution >= 0.6 is 11.6 Å². The van der Waals surface area contributed by atoms with E-state index in [1.807, 2.05) is 18.3 Å². The van der Waals surface area contributed by atoms with Gasteiger partial charge in [-0.3, -0.25) is 4.79 Å². The first-order valence-corrected chi connectivity index (χ1v) is 13.4. The molecule has 2 saturated heterocycles. The number of imidazole rings is 1. The van der Waals surface area contributed by atoms with E-state index in [1.165, 1.54) is 17.2 Å². The Bertz CT molecular complexity index is 1690. The van der Waals surface area contributed by atoms with E-state index in [2.05, 4.69) is 68.1 Å². The van der Waals surface area contributed by atoms with E-state index in [1.54, 1.807) is 0 Å². The van der Waals surface area contributed by atoms with Crippen LogP contribution < -0.4 is 16.1 Å². The monoisotopic (exact) mass is 509 g/mol. The maximum absolute atomic E-state index is 13.0. The molecular formula is C30H28ClN5O. The second-order valence-electron chi connectivity index (χ2n) is 10.2. The fourth-order valence-corrected chi connectivity index (χ4v) is 6.09. The van der Waals surface area contributed by atoms with Crippen molar-refractivity contribution in [3.63, 3.8) is 0 Å². The molecule has 0 spiro atoms. The number of hydrogen-bond donors (Lipinski definition) is 4. The first-order valence-electron chi connectivity index (χ1n) is 13.1. The molecule has 2 fully saturated rings. The van der Waals surface area contributed by atoms with Crippen molar-refractivity contribution in [3.05, 3.63) is 87.6 Å². The standard InChI is InChI=1S/C30H28ClN5O/c31-27-28(23-3-1-11-32-23)35-25-15-20(9-10-22(25)29(27)37)18-5-6-19-14-21(8-7-17(19)13-18)26-16-34-30(36-26)24-4-2-12-33-24/h5-10,13-16,23-24,32-33H,1-4,11-12H2,(H,34,36)(H,35,37). The van der Waals surface area contributed by atoms with Gasteiger partial charge in [-0.25, -0.2) is 4.98 Å². The molecule has 0 radical (unpaired) electrons. The maximum atomic E-state index is 13.0. The Morgan fingerprint density at radius 2 is 1.46 bits per heavy atom. The van der Waals surface area contributed by atoms with Crippen LogP contribution in [0.4, 0.5) is 0 Å². The van der Waals surface area contributed by atoms with Gasteiger partial charge in [0, 0.05) is 17.0 Å². The molecule has 7 rings (SSSR count). The molecule has 37 heavy (non-hydrogen) atoms. The molecule has 2 aliphatic rings. The quantitative estimate of drug-likeness (QED) is 0.231. The molecule has 5 aromatic rings. The molecule has 186 valence electrons. The van der Waals surface area contributed by atoms with Crippen molar-refractivity contribution in [2.24, 2.45) is 0 Å². The summed E-state index contributed by atoms with van der Waals surface area (Å²) in [6.07, 6.45) is 6.31. The van der Waals surface area contributed by atoms with Crippen LogP contribution in [-0.4, -0.2) is 28.0 Å². The molecule has 0 aliphatic carbocycles. The van der Waals surface area contributed by atoms with Gasteiger partial charge in [-0.1, -0.05) is 41.9 Å². The SMILES string of the molecule is O=c1c(Cl)c(C2CCCN2)[nH]c2cc(-c3ccc4cc(-c5cnc(C6CCCN6)[nH]5)ccc4c3)ccc12. The van der Waals surface area contributed by atoms with Crippen LogP contribution in [0.25, 0.3) is 44.1 Å². The molecule has 2 aromatic heterocycles. The molecule has 0 amide bonds. The number of aromatic amines is 2. The molecule has 6 nitrogen and oxygen atoms in total. The zero-order valence-corrected chi connectivity index (χ0v) is 21.2. The molecular weight excluding hydrogens is 482 g/mol. The van der Waals surface area contributed by atoms with Gasteiger partial charge >= 0.3 is 0 Å². The van der Waals surface area contributed by atoms with Crippen molar-refractivity contribution in [1.29, 1.82) is 0 Å². The van der Waals surface area contributed by atoms with Gasteiger partial charge in [-0.05, 0) is 84.9 Å². The second kappa shape index (κ2) is 9.14. The third-order valence-corrected chi connectivity index (χ3v) is 8.22. The van der Waals surface area contributed by atoms with Crippen molar-refractivity contribution < 1.29 is 0 Å². The third-order valence-electron chi connectivity index (χ3n) is 7.85. The first-order chi connectivity index (χ1) is 18.1. The Kier molecular flexibility index (Phi) is 5.61. The number of nitrogens with one attached hydrogen (secondary N) is 4. The van der Waals surface area contributed by atoms with E-state index < -0.39 is 0 Å². The number of pyridine rings is 1. The summed E-state index contributed by atoms with van der Waals surface area (Å²) in [4.78, 5) is 24.6. The van der Waals surface area contributed by atoms with Gasteiger partial charge in [0.1, 0.15) is 10.8 Å². The average molecular weight is 510 g/mol. The van der Waals surface area contributed by atoms with E-state index >= 15 is 0 Å². The molecule has 0 bridgehead atoms. The highest BCUT2D eigenvalue weighted by molar-refractivity contribution is 6.31. The second-order valence-corrected chi connectivity index (χ2v) is 10.6. The topological polar surface area (TPSA) is 85.6 Å². The van der Waals surface area contributed by atoms with Crippen molar-refractivity contribution >= 4 is 33.3 Å². The van der Waals surface area contributed by atoms with E-state index in [0.717, 1.165) is 71.8 Å². The van der Waals surface area contributed by atoms with Gasteiger partial charge in [0.25, 0.3) is 0 Å². The Morgan fingerprint density at radius 3 is 2.22 bits per heavy atom. The summed E-state index contributed by atoms with van der Waals surface area (Å²) in [5, 5.41) is 10.2. The lowest BCUT2D eigenvalue weighted by Gasteiger charge is -2.14. The summed E-state index contributed by atoms with van der Waals surface area (Å²) in [5.74, 6) is 1.02. The Morgan fingerprint density at radius 1 is 0.784 bits per heavy atom. The summed E-state index contributed by atoms with van der Waals surface area (Å²) in [6, 6.07) is 19.4. The number of hydrogen-bond acceptors (Lipinski definition) is 4. The third kappa shape index (κ3) is 4.06. The molecule has 2 atom stereocenters. The molecule has 4 N–H and O–H groups in total. The van der Waals surface area contributed by atoms with Gasteiger partial charge in [-0.2, -0.15) is 0 Å². The fourth-order valence-electron chi connectivity index (χ4n) is 5.81. The smallest absolute Gasteiger partial charge is 0.208 e. The normalized spacial score (nSPS) is 19.8. The highest BCUT2D eigenvalue weighted by Crippen LogP contribution is 2.32. The first kappa shape index (κ1) is 22.7. The van der Waals surface area contributed by atoms with Crippen LogP contribution in [0.1, 0.15) is 49.3 Å². The van der Waals surface area contributed by atoms with Crippen LogP contribution in [0, 0.1) is 0 Å². The van der Waals surface area contributed by atoms with E-state index in [-0.39, 0.29) is 11.5 Å². The van der Waals surface area contributed by atoms with E-state index in [9.17, 15) is 4.79 Å². The minimum atomic E-state index is -0.109. The molecule has 4 heterocycles.